The summed E-state index contributed by atoms with van der Waals surface area (Å²) in [7, 11) is 0. The average molecular weight is 608 g/mol. The second-order valence-electron chi connectivity index (χ2n) is 11.2. The number of hydrogen-bond acceptors (Lipinski definition) is 6. The van der Waals surface area contributed by atoms with Crippen LogP contribution >= 0.6 is 22.7 Å². The van der Waals surface area contributed by atoms with E-state index >= 15 is 0 Å². The largest absolute Gasteiger partial charge is 0.346 e. The molecule has 6 rings (SSSR count). The SMILES string of the molecule is N#Cc1ccc(Cn2cncc2CC(CC2CCCC2)C(=O)Nc2ccc3sc(C(=O)NCc4cccs4)cc3c2)cc1. The lowest BCUT2D eigenvalue weighted by Gasteiger charge is -2.21. The molecule has 218 valence electrons. The number of aromatic nitrogens is 2. The highest BCUT2D eigenvalue weighted by molar-refractivity contribution is 7.20. The van der Waals surface area contributed by atoms with Crippen molar-refractivity contribution in [2.45, 2.75) is 51.6 Å². The Morgan fingerprint density at radius 3 is 2.70 bits per heavy atom. The molecule has 3 heterocycles. The van der Waals surface area contributed by atoms with Gasteiger partial charge in [-0.25, -0.2) is 4.98 Å². The highest BCUT2D eigenvalue weighted by Crippen LogP contribution is 2.33. The molecule has 1 unspecified atom stereocenters. The van der Waals surface area contributed by atoms with Gasteiger partial charge in [0.05, 0.1) is 29.4 Å². The van der Waals surface area contributed by atoms with Crippen LogP contribution in [0.3, 0.4) is 0 Å². The lowest BCUT2D eigenvalue weighted by Crippen LogP contribution is -2.27. The highest BCUT2D eigenvalue weighted by Gasteiger charge is 2.27. The molecule has 1 aliphatic rings. The zero-order valence-electron chi connectivity index (χ0n) is 23.8. The van der Waals surface area contributed by atoms with Gasteiger partial charge >= 0.3 is 0 Å². The Hall–Kier alpha value is -4.26. The maximum absolute atomic E-state index is 13.8. The van der Waals surface area contributed by atoms with Crippen LogP contribution in [0, 0.1) is 23.2 Å². The number of nitrogens with zero attached hydrogens (tertiary/aromatic N) is 3. The van der Waals surface area contributed by atoms with Gasteiger partial charge in [-0.2, -0.15) is 5.26 Å². The van der Waals surface area contributed by atoms with Gasteiger partial charge in [-0.05, 0) is 71.1 Å². The summed E-state index contributed by atoms with van der Waals surface area (Å²) in [4.78, 5) is 32.7. The van der Waals surface area contributed by atoms with E-state index in [1.54, 1.807) is 11.3 Å². The fourth-order valence-corrected chi connectivity index (χ4v) is 7.47. The molecule has 0 spiro atoms. The minimum Gasteiger partial charge on any atom is -0.346 e. The van der Waals surface area contributed by atoms with Crippen molar-refractivity contribution in [3.05, 3.63) is 105 Å². The summed E-state index contributed by atoms with van der Waals surface area (Å²) in [6.45, 7) is 1.15. The number of benzene rings is 2. The van der Waals surface area contributed by atoms with Crippen molar-refractivity contribution in [1.82, 2.24) is 14.9 Å². The second-order valence-corrected chi connectivity index (χ2v) is 13.3. The van der Waals surface area contributed by atoms with Crippen molar-refractivity contribution in [2.75, 3.05) is 5.32 Å². The standard InChI is InChI=1S/C34H33N5O2S2/c35-18-24-7-9-25(10-8-24)21-39-22-36-19-29(39)16-27(14-23-4-1-2-5-23)33(40)38-28-11-12-31-26(15-28)17-32(43-31)34(41)37-20-30-6-3-13-42-30/h3,6-13,15,17,19,22-23,27H,1-2,4-5,14,16,20-21H2,(H,37,41)(H,38,40). The molecule has 1 fully saturated rings. The molecule has 2 N–H and O–H groups in total. The van der Waals surface area contributed by atoms with E-state index in [1.807, 2.05) is 78.6 Å². The Labute approximate surface area is 259 Å². The molecule has 0 radical (unpaired) electrons. The van der Waals surface area contributed by atoms with Crippen LogP contribution < -0.4 is 10.6 Å². The van der Waals surface area contributed by atoms with E-state index in [4.69, 9.17) is 5.26 Å². The van der Waals surface area contributed by atoms with Crippen LogP contribution in [0.25, 0.3) is 10.1 Å². The Balaban J connectivity index is 1.15. The van der Waals surface area contributed by atoms with E-state index in [2.05, 4.69) is 26.3 Å². The number of fused-ring (bicyclic) bond motifs is 1. The quantitative estimate of drug-likeness (QED) is 0.164. The molecular formula is C34H33N5O2S2. The van der Waals surface area contributed by atoms with E-state index in [-0.39, 0.29) is 17.7 Å². The van der Waals surface area contributed by atoms with Crippen molar-refractivity contribution in [2.24, 2.45) is 11.8 Å². The highest BCUT2D eigenvalue weighted by atomic mass is 32.1. The first kappa shape index (κ1) is 28.8. The maximum atomic E-state index is 13.8. The smallest absolute Gasteiger partial charge is 0.261 e. The third-order valence-electron chi connectivity index (χ3n) is 8.16. The Kier molecular flexibility index (Phi) is 8.96. The molecule has 1 atom stereocenters. The summed E-state index contributed by atoms with van der Waals surface area (Å²) in [6.07, 6.45) is 9.94. The van der Waals surface area contributed by atoms with Crippen LogP contribution in [0.5, 0.6) is 0 Å². The molecular weight excluding hydrogens is 575 g/mol. The van der Waals surface area contributed by atoms with Gasteiger partial charge in [0, 0.05) is 46.0 Å². The number of nitrogens with one attached hydrogen (secondary N) is 2. The molecule has 0 aliphatic heterocycles. The van der Waals surface area contributed by atoms with Gasteiger partial charge in [0.1, 0.15) is 0 Å². The van der Waals surface area contributed by atoms with Crippen molar-refractivity contribution in [3.63, 3.8) is 0 Å². The van der Waals surface area contributed by atoms with Crippen LogP contribution in [0.15, 0.2) is 78.6 Å². The van der Waals surface area contributed by atoms with E-state index in [0.717, 1.165) is 38.3 Å². The summed E-state index contributed by atoms with van der Waals surface area (Å²) >= 11 is 3.08. The van der Waals surface area contributed by atoms with E-state index in [9.17, 15) is 9.59 Å². The summed E-state index contributed by atoms with van der Waals surface area (Å²) in [5.41, 5.74) is 3.48. The van der Waals surface area contributed by atoms with Gasteiger partial charge in [-0.1, -0.05) is 43.9 Å². The van der Waals surface area contributed by atoms with E-state index in [1.165, 1.54) is 37.0 Å². The first-order chi connectivity index (χ1) is 21.0. The second kappa shape index (κ2) is 13.4. The van der Waals surface area contributed by atoms with Gasteiger partial charge in [-0.15, -0.1) is 22.7 Å². The molecule has 1 saturated carbocycles. The average Bonchev–Trinajstić information content (AvgIpc) is 3.85. The van der Waals surface area contributed by atoms with Crippen LogP contribution in [0.4, 0.5) is 5.69 Å². The monoisotopic (exact) mass is 607 g/mol. The van der Waals surface area contributed by atoms with Gasteiger partial charge in [0.25, 0.3) is 5.91 Å². The van der Waals surface area contributed by atoms with Crippen molar-refractivity contribution in [3.8, 4) is 6.07 Å². The number of hydrogen-bond donors (Lipinski definition) is 2. The summed E-state index contributed by atoms with van der Waals surface area (Å²) in [5.74, 6) is 0.299. The number of thiophene rings is 2. The first-order valence-electron chi connectivity index (χ1n) is 14.7. The molecule has 9 heteroatoms. The van der Waals surface area contributed by atoms with Gasteiger partial charge < -0.3 is 15.2 Å². The van der Waals surface area contributed by atoms with Crippen LogP contribution in [0.2, 0.25) is 0 Å². The third kappa shape index (κ3) is 7.22. The zero-order chi connectivity index (χ0) is 29.6. The zero-order valence-corrected chi connectivity index (χ0v) is 25.4. The lowest BCUT2D eigenvalue weighted by atomic mass is 9.89. The Morgan fingerprint density at radius 2 is 1.93 bits per heavy atom. The first-order valence-corrected chi connectivity index (χ1v) is 16.4. The Bertz CT molecular complexity index is 1740. The molecule has 43 heavy (non-hydrogen) atoms. The number of rotatable bonds is 11. The molecule has 0 saturated heterocycles. The summed E-state index contributed by atoms with van der Waals surface area (Å²) in [5, 5.41) is 18.2. The number of imidazole rings is 1. The predicted molar refractivity (Wildman–Crippen MR) is 172 cm³/mol. The van der Waals surface area contributed by atoms with Crippen molar-refractivity contribution in [1.29, 1.82) is 5.26 Å². The van der Waals surface area contributed by atoms with E-state index < -0.39 is 0 Å². The minimum absolute atomic E-state index is 0.0153. The Morgan fingerprint density at radius 1 is 1.09 bits per heavy atom. The molecule has 2 aromatic carbocycles. The predicted octanol–water partition coefficient (Wildman–Crippen LogP) is 7.39. The number of amides is 2. The number of carbonyl (C=O) groups excluding carboxylic acids is 2. The fraction of sp³-hybridized carbons (Fsp3) is 0.294. The number of anilines is 1. The van der Waals surface area contributed by atoms with Gasteiger partial charge in [-0.3, -0.25) is 9.59 Å². The summed E-state index contributed by atoms with van der Waals surface area (Å²) in [6, 6.07) is 21.5. The molecule has 3 aromatic heterocycles. The summed E-state index contributed by atoms with van der Waals surface area (Å²) < 4.78 is 3.10. The van der Waals surface area contributed by atoms with Crippen LogP contribution in [-0.2, 0) is 24.3 Å². The molecule has 1 aliphatic carbocycles. The number of nitriles is 1. The fourth-order valence-electron chi connectivity index (χ4n) is 5.87. The van der Waals surface area contributed by atoms with E-state index in [0.29, 0.717) is 35.9 Å². The molecule has 7 nitrogen and oxygen atoms in total. The normalized spacial score (nSPS) is 14.0. The molecule has 0 bridgehead atoms. The van der Waals surface area contributed by atoms with Gasteiger partial charge in [0.2, 0.25) is 5.91 Å². The molecule has 5 aromatic rings. The van der Waals surface area contributed by atoms with Crippen LogP contribution in [0.1, 0.15) is 63.5 Å². The van der Waals surface area contributed by atoms with Crippen molar-refractivity contribution < 1.29 is 9.59 Å². The topological polar surface area (TPSA) is 99.8 Å². The van der Waals surface area contributed by atoms with Crippen molar-refractivity contribution >= 4 is 50.3 Å². The maximum Gasteiger partial charge on any atom is 0.261 e. The number of carbonyl (C=O) groups is 2. The van der Waals surface area contributed by atoms with Gasteiger partial charge in [0.15, 0.2) is 0 Å². The molecule has 2 amide bonds. The minimum atomic E-state index is -0.184. The van der Waals surface area contributed by atoms with Crippen LogP contribution in [-0.4, -0.2) is 21.4 Å². The third-order valence-corrected chi connectivity index (χ3v) is 10.2. The lowest BCUT2D eigenvalue weighted by molar-refractivity contribution is -0.120.